The van der Waals surface area contributed by atoms with Gasteiger partial charge in [0.2, 0.25) is 0 Å². The number of rotatable bonds is 9. The van der Waals surface area contributed by atoms with E-state index >= 15 is 0 Å². The Kier molecular flexibility index (Phi) is 7.35. The summed E-state index contributed by atoms with van der Waals surface area (Å²) in [6.07, 6.45) is 6.67. The van der Waals surface area contributed by atoms with Crippen LogP contribution in [0, 0.1) is 0 Å². The molecule has 0 atom stereocenters. The van der Waals surface area contributed by atoms with Gasteiger partial charge < -0.3 is 4.42 Å². The van der Waals surface area contributed by atoms with Crippen molar-refractivity contribution in [2.45, 2.75) is 39.2 Å². The first-order valence-electron chi connectivity index (χ1n) is 6.17. The lowest BCUT2D eigenvalue weighted by Gasteiger charge is -2.18. The molecule has 0 aliphatic heterocycles. The molecule has 1 aromatic rings. The molecule has 2 nitrogen and oxygen atoms in total. The standard InChI is InChI=1S/C13H22ClNO/c1-2-15(10-6-4-3-5-9-14)12-13-8-7-11-16-13/h7-8,11H,2-6,9-10,12H2,1H3. The monoisotopic (exact) mass is 243 g/mol. The molecule has 0 N–H and O–H groups in total. The summed E-state index contributed by atoms with van der Waals surface area (Å²) in [7, 11) is 0. The van der Waals surface area contributed by atoms with Gasteiger partial charge in [-0.25, -0.2) is 0 Å². The molecular formula is C13H22ClNO. The van der Waals surface area contributed by atoms with E-state index in [1.165, 1.54) is 19.3 Å². The summed E-state index contributed by atoms with van der Waals surface area (Å²) in [6, 6.07) is 3.99. The fraction of sp³-hybridized carbons (Fsp3) is 0.692. The highest BCUT2D eigenvalue weighted by atomic mass is 35.5. The summed E-state index contributed by atoms with van der Waals surface area (Å²) < 4.78 is 5.35. The Balaban J connectivity index is 2.12. The van der Waals surface area contributed by atoms with Crippen molar-refractivity contribution in [2.24, 2.45) is 0 Å². The van der Waals surface area contributed by atoms with E-state index in [1.807, 2.05) is 12.1 Å². The number of hydrogen-bond donors (Lipinski definition) is 0. The highest BCUT2D eigenvalue weighted by Gasteiger charge is 2.04. The van der Waals surface area contributed by atoms with Gasteiger partial charge in [-0.1, -0.05) is 19.8 Å². The fourth-order valence-electron chi connectivity index (χ4n) is 1.76. The van der Waals surface area contributed by atoms with Crippen LogP contribution in [0.3, 0.4) is 0 Å². The van der Waals surface area contributed by atoms with Crippen LogP contribution in [0.2, 0.25) is 0 Å². The van der Waals surface area contributed by atoms with Gasteiger partial charge >= 0.3 is 0 Å². The third-order valence-electron chi connectivity index (χ3n) is 2.76. The number of unbranched alkanes of at least 4 members (excludes halogenated alkanes) is 3. The van der Waals surface area contributed by atoms with Gasteiger partial charge in [-0.3, -0.25) is 4.90 Å². The van der Waals surface area contributed by atoms with Crippen molar-refractivity contribution in [1.29, 1.82) is 0 Å². The molecule has 0 saturated heterocycles. The molecule has 0 aliphatic rings. The number of alkyl halides is 1. The summed E-state index contributed by atoms with van der Waals surface area (Å²) in [5.41, 5.74) is 0. The zero-order valence-electron chi connectivity index (χ0n) is 10.1. The molecule has 0 radical (unpaired) electrons. The second-order valence-electron chi connectivity index (χ2n) is 4.05. The molecule has 0 aliphatic carbocycles. The number of nitrogens with zero attached hydrogens (tertiary/aromatic N) is 1. The molecule has 0 fully saturated rings. The summed E-state index contributed by atoms with van der Waals surface area (Å²) in [4.78, 5) is 2.42. The van der Waals surface area contributed by atoms with Crippen molar-refractivity contribution in [3.63, 3.8) is 0 Å². The molecule has 0 aromatic carbocycles. The van der Waals surface area contributed by atoms with E-state index in [4.69, 9.17) is 16.0 Å². The predicted octanol–water partition coefficient (Wildman–Crippen LogP) is 3.90. The fourth-order valence-corrected chi connectivity index (χ4v) is 1.94. The molecule has 3 heteroatoms. The third kappa shape index (κ3) is 5.57. The zero-order chi connectivity index (χ0) is 11.6. The largest absolute Gasteiger partial charge is 0.468 e. The van der Waals surface area contributed by atoms with Crippen LogP contribution in [-0.2, 0) is 6.54 Å². The topological polar surface area (TPSA) is 16.4 Å². The lowest BCUT2D eigenvalue weighted by Crippen LogP contribution is -2.23. The van der Waals surface area contributed by atoms with Crippen molar-refractivity contribution in [2.75, 3.05) is 19.0 Å². The first-order chi connectivity index (χ1) is 7.86. The number of furan rings is 1. The predicted molar refractivity (Wildman–Crippen MR) is 68.8 cm³/mol. The molecule has 1 aromatic heterocycles. The number of halogens is 1. The van der Waals surface area contributed by atoms with E-state index < -0.39 is 0 Å². The maximum absolute atomic E-state index is 5.64. The van der Waals surface area contributed by atoms with Gasteiger partial charge in [0.25, 0.3) is 0 Å². The summed E-state index contributed by atoms with van der Waals surface area (Å²) >= 11 is 5.64. The van der Waals surface area contributed by atoms with Crippen molar-refractivity contribution in [3.05, 3.63) is 24.2 Å². The Labute approximate surface area is 104 Å². The lowest BCUT2D eigenvalue weighted by atomic mass is 10.2. The van der Waals surface area contributed by atoms with Gasteiger partial charge in [-0.05, 0) is 38.1 Å². The Morgan fingerprint density at radius 3 is 2.69 bits per heavy atom. The molecule has 1 heterocycles. The van der Waals surface area contributed by atoms with Crippen LogP contribution in [0.25, 0.3) is 0 Å². The minimum Gasteiger partial charge on any atom is -0.468 e. The second kappa shape index (κ2) is 8.66. The average molecular weight is 244 g/mol. The summed E-state index contributed by atoms with van der Waals surface area (Å²) in [5, 5.41) is 0. The molecular weight excluding hydrogens is 222 g/mol. The number of hydrogen-bond acceptors (Lipinski definition) is 2. The van der Waals surface area contributed by atoms with Crippen LogP contribution >= 0.6 is 11.6 Å². The Morgan fingerprint density at radius 2 is 2.06 bits per heavy atom. The van der Waals surface area contributed by atoms with Gasteiger partial charge in [-0.15, -0.1) is 11.6 Å². The normalized spacial score (nSPS) is 11.2. The van der Waals surface area contributed by atoms with Crippen molar-refractivity contribution < 1.29 is 4.42 Å². The van der Waals surface area contributed by atoms with Crippen molar-refractivity contribution in [1.82, 2.24) is 4.90 Å². The van der Waals surface area contributed by atoms with Crippen molar-refractivity contribution in [3.8, 4) is 0 Å². The van der Waals surface area contributed by atoms with Gasteiger partial charge in [0.15, 0.2) is 0 Å². The van der Waals surface area contributed by atoms with E-state index in [1.54, 1.807) is 6.26 Å². The van der Waals surface area contributed by atoms with Crippen LogP contribution in [0.5, 0.6) is 0 Å². The Hall–Kier alpha value is -0.470. The van der Waals surface area contributed by atoms with E-state index in [0.717, 1.165) is 37.7 Å². The maximum Gasteiger partial charge on any atom is 0.117 e. The van der Waals surface area contributed by atoms with Crippen LogP contribution in [-0.4, -0.2) is 23.9 Å². The van der Waals surface area contributed by atoms with Crippen LogP contribution in [0.15, 0.2) is 22.8 Å². The van der Waals surface area contributed by atoms with Crippen LogP contribution < -0.4 is 0 Å². The molecule has 0 saturated carbocycles. The SMILES string of the molecule is CCN(CCCCCCCl)Cc1ccco1. The summed E-state index contributed by atoms with van der Waals surface area (Å²) in [5.74, 6) is 1.85. The molecule has 0 spiro atoms. The first-order valence-corrected chi connectivity index (χ1v) is 6.71. The van der Waals surface area contributed by atoms with Crippen molar-refractivity contribution >= 4 is 11.6 Å². The van der Waals surface area contributed by atoms with Gasteiger partial charge in [0.1, 0.15) is 5.76 Å². The second-order valence-corrected chi connectivity index (χ2v) is 4.43. The first kappa shape index (κ1) is 13.6. The maximum atomic E-state index is 5.64. The Morgan fingerprint density at radius 1 is 1.25 bits per heavy atom. The van der Waals surface area contributed by atoms with Crippen LogP contribution in [0.4, 0.5) is 0 Å². The molecule has 0 unspecified atom stereocenters. The van der Waals surface area contributed by atoms with Crippen LogP contribution in [0.1, 0.15) is 38.4 Å². The van der Waals surface area contributed by atoms with E-state index in [2.05, 4.69) is 11.8 Å². The highest BCUT2D eigenvalue weighted by Crippen LogP contribution is 2.08. The molecule has 1 rings (SSSR count). The summed E-state index contributed by atoms with van der Waals surface area (Å²) in [6.45, 7) is 5.36. The smallest absolute Gasteiger partial charge is 0.117 e. The van der Waals surface area contributed by atoms with Gasteiger partial charge in [0.05, 0.1) is 12.8 Å². The molecule has 92 valence electrons. The van der Waals surface area contributed by atoms with Gasteiger partial charge in [0, 0.05) is 5.88 Å². The van der Waals surface area contributed by atoms with E-state index in [0.29, 0.717) is 0 Å². The highest BCUT2D eigenvalue weighted by molar-refractivity contribution is 6.17. The van der Waals surface area contributed by atoms with E-state index in [-0.39, 0.29) is 0 Å². The zero-order valence-corrected chi connectivity index (χ0v) is 10.9. The molecule has 16 heavy (non-hydrogen) atoms. The Bertz CT molecular complexity index is 248. The molecule has 0 bridgehead atoms. The molecule has 0 amide bonds. The minimum absolute atomic E-state index is 0.796. The minimum atomic E-state index is 0.796. The lowest BCUT2D eigenvalue weighted by molar-refractivity contribution is 0.250. The third-order valence-corrected chi connectivity index (χ3v) is 3.03. The quantitative estimate of drug-likeness (QED) is 0.483. The van der Waals surface area contributed by atoms with E-state index in [9.17, 15) is 0 Å². The van der Waals surface area contributed by atoms with Gasteiger partial charge in [-0.2, -0.15) is 0 Å². The average Bonchev–Trinajstić information content (AvgIpc) is 2.80.